The van der Waals surface area contributed by atoms with Crippen molar-refractivity contribution < 1.29 is 36.2 Å². The van der Waals surface area contributed by atoms with Gasteiger partial charge in [0.25, 0.3) is 5.56 Å². The predicted octanol–water partition coefficient (Wildman–Crippen LogP) is 6.69. The average molecular weight is 707 g/mol. The lowest BCUT2D eigenvalue weighted by molar-refractivity contribution is -0.142. The summed E-state index contributed by atoms with van der Waals surface area (Å²) >= 11 is 6.52. The lowest BCUT2D eigenvalue weighted by Gasteiger charge is -2.41. The molecule has 258 valence electrons. The van der Waals surface area contributed by atoms with Crippen LogP contribution in [-0.4, -0.2) is 63.4 Å². The number of hydrogen-bond acceptors (Lipinski definition) is 7. The Balaban J connectivity index is 1.94. The number of anilines is 1. The van der Waals surface area contributed by atoms with Gasteiger partial charge in [-0.25, -0.2) is 13.8 Å². The highest BCUT2D eigenvalue weighted by molar-refractivity contribution is 6.34. The van der Waals surface area contributed by atoms with Crippen LogP contribution in [0.1, 0.15) is 45.2 Å². The molecule has 0 bridgehead atoms. The number of aromatic hydroxyl groups is 1. The van der Waals surface area contributed by atoms with Gasteiger partial charge in [-0.1, -0.05) is 32.0 Å². The third-order valence-corrected chi connectivity index (χ3v) is 8.88. The first-order valence-electron chi connectivity index (χ1n) is 15.0. The molecule has 3 aromatic rings. The molecule has 1 fully saturated rings. The molecule has 1 saturated heterocycles. The zero-order valence-electron chi connectivity index (χ0n) is 26.6. The highest BCUT2D eigenvalue weighted by atomic mass is 35.5. The molecule has 1 N–H and O–H groups in total. The van der Waals surface area contributed by atoms with Crippen LogP contribution >= 0.6 is 11.6 Å². The van der Waals surface area contributed by atoms with Gasteiger partial charge in [0.15, 0.2) is 17.4 Å². The van der Waals surface area contributed by atoms with Crippen molar-refractivity contribution in [2.75, 3.05) is 31.1 Å². The standard InChI is InChI=1S/C33H29ClF6N6O3/c1-6-20(47)45-10-9-44(13-16(45)5)29-17-11-19(34)27(21-23(35)22(33(38,39)40)24(36)25(37)30(21)48)43-31(17)46(32(49)18(29)12-41)28-15(4)7-8-42-26(28)14(2)3/h6,11,14,16,48H,1,7-10,13H2,2-5H3/t16-/m1/s1. The number of dihydropyridines is 1. The number of nitrogens with zero attached hydrogens (tertiary/aromatic N) is 6. The molecule has 2 aliphatic rings. The van der Waals surface area contributed by atoms with Crippen molar-refractivity contribution >= 4 is 45.6 Å². The highest BCUT2D eigenvalue weighted by Gasteiger charge is 2.43. The van der Waals surface area contributed by atoms with Crippen LogP contribution in [0.25, 0.3) is 28.0 Å². The number of benzene rings is 1. The lowest BCUT2D eigenvalue weighted by atomic mass is 9.96. The maximum atomic E-state index is 15.6. The number of phenols is 1. The number of nitriles is 1. The Morgan fingerprint density at radius 3 is 2.45 bits per heavy atom. The number of carbonyl (C=O) groups is 1. The molecule has 0 unspecified atom stereocenters. The fourth-order valence-corrected chi connectivity index (χ4v) is 6.56. The zero-order chi connectivity index (χ0) is 36.3. The number of aromatic nitrogens is 2. The molecule has 4 heterocycles. The van der Waals surface area contributed by atoms with E-state index in [1.54, 1.807) is 32.6 Å². The van der Waals surface area contributed by atoms with Crippen LogP contribution in [0.3, 0.4) is 0 Å². The second-order valence-corrected chi connectivity index (χ2v) is 12.4. The lowest BCUT2D eigenvalue weighted by Crippen LogP contribution is -2.54. The molecule has 1 aromatic carbocycles. The predicted molar refractivity (Wildman–Crippen MR) is 172 cm³/mol. The maximum absolute atomic E-state index is 15.6. The number of aliphatic imine (C=N–C) groups is 1. The van der Waals surface area contributed by atoms with Gasteiger partial charge in [0.05, 0.1) is 33.4 Å². The van der Waals surface area contributed by atoms with E-state index in [-0.39, 0.29) is 59.4 Å². The molecule has 2 aliphatic heterocycles. The van der Waals surface area contributed by atoms with Gasteiger partial charge < -0.3 is 14.9 Å². The highest BCUT2D eigenvalue weighted by Crippen LogP contribution is 2.46. The summed E-state index contributed by atoms with van der Waals surface area (Å²) in [6.07, 6.45) is -4.19. The van der Waals surface area contributed by atoms with E-state index in [0.717, 1.165) is 16.7 Å². The summed E-state index contributed by atoms with van der Waals surface area (Å²) in [5.74, 6) is -9.87. The zero-order valence-corrected chi connectivity index (χ0v) is 27.4. The number of halogens is 7. The van der Waals surface area contributed by atoms with Gasteiger partial charge in [0.1, 0.15) is 22.8 Å². The van der Waals surface area contributed by atoms with Gasteiger partial charge in [-0.2, -0.15) is 22.8 Å². The molecular formula is C33H29ClF6N6O3. The molecule has 5 rings (SSSR count). The summed E-state index contributed by atoms with van der Waals surface area (Å²) in [7, 11) is 0. The number of hydrogen-bond donors (Lipinski definition) is 1. The molecule has 0 spiro atoms. The van der Waals surface area contributed by atoms with Crippen molar-refractivity contribution in [3.8, 4) is 23.1 Å². The van der Waals surface area contributed by atoms with E-state index in [9.17, 15) is 41.9 Å². The number of phenolic OH excluding ortho intramolecular Hbond substituents is 1. The van der Waals surface area contributed by atoms with Crippen LogP contribution in [-0.2, 0) is 11.0 Å². The SMILES string of the molecule is C=CC(=O)N1CCN(c2c(C#N)c(=O)n(C3=C(C)CCN=C3C(C)C)c3nc(-c4c(O)c(F)c(F)c(C(F)(F)F)c4F)c(Cl)cc23)C[C@H]1C. The van der Waals surface area contributed by atoms with Gasteiger partial charge in [-0.3, -0.25) is 19.1 Å². The van der Waals surface area contributed by atoms with E-state index in [0.29, 0.717) is 24.3 Å². The first-order valence-corrected chi connectivity index (χ1v) is 15.4. The molecular weight excluding hydrogens is 678 g/mol. The summed E-state index contributed by atoms with van der Waals surface area (Å²) in [4.78, 5) is 38.9. The van der Waals surface area contributed by atoms with Gasteiger partial charge >= 0.3 is 6.18 Å². The Morgan fingerprint density at radius 1 is 1.20 bits per heavy atom. The second kappa shape index (κ2) is 12.9. The van der Waals surface area contributed by atoms with Crippen molar-refractivity contribution in [2.45, 2.75) is 46.3 Å². The molecule has 1 atom stereocenters. The van der Waals surface area contributed by atoms with Gasteiger partial charge in [0, 0.05) is 37.6 Å². The number of carbonyl (C=O) groups excluding carboxylic acids is 1. The van der Waals surface area contributed by atoms with Crippen molar-refractivity contribution in [3.63, 3.8) is 0 Å². The van der Waals surface area contributed by atoms with Crippen molar-refractivity contribution in [1.29, 1.82) is 5.26 Å². The summed E-state index contributed by atoms with van der Waals surface area (Å²) in [6, 6.07) is 2.62. The fraction of sp³-hybridized carbons (Fsp3) is 0.364. The normalized spacial score (nSPS) is 17.1. The van der Waals surface area contributed by atoms with Gasteiger partial charge in [-0.05, 0) is 43.9 Å². The van der Waals surface area contributed by atoms with Gasteiger partial charge in [0.2, 0.25) is 11.7 Å². The summed E-state index contributed by atoms with van der Waals surface area (Å²) in [5.41, 5.74) is -5.28. The third-order valence-electron chi connectivity index (χ3n) is 8.59. The molecule has 2 aromatic heterocycles. The minimum Gasteiger partial charge on any atom is -0.504 e. The van der Waals surface area contributed by atoms with Gasteiger partial charge in [-0.15, -0.1) is 0 Å². The minimum absolute atomic E-state index is 0.0214. The monoisotopic (exact) mass is 706 g/mol. The minimum atomic E-state index is -5.73. The van der Waals surface area contributed by atoms with Crippen molar-refractivity contribution in [1.82, 2.24) is 14.5 Å². The molecule has 1 amide bonds. The summed E-state index contributed by atoms with van der Waals surface area (Å²) in [5, 5.41) is 20.3. The number of piperazine rings is 1. The molecule has 16 heteroatoms. The second-order valence-electron chi connectivity index (χ2n) is 12.0. The van der Waals surface area contributed by atoms with Crippen molar-refractivity contribution in [3.05, 3.63) is 68.2 Å². The van der Waals surface area contributed by atoms with Crippen LogP contribution in [0.2, 0.25) is 5.02 Å². The third kappa shape index (κ3) is 5.81. The largest absolute Gasteiger partial charge is 0.504 e. The van der Waals surface area contributed by atoms with E-state index in [1.807, 2.05) is 6.07 Å². The van der Waals surface area contributed by atoms with Crippen LogP contribution in [0.15, 0.2) is 34.1 Å². The van der Waals surface area contributed by atoms with E-state index in [2.05, 4.69) is 16.6 Å². The number of alkyl halides is 3. The molecule has 49 heavy (non-hydrogen) atoms. The number of fused-ring (bicyclic) bond motifs is 1. The fourth-order valence-electron chi connectivity index (χ4n) is 6.32. The van der Waals surface area contributed by atoms with Crippen molar-refractivity contribution in [2.24, 2.45) is 10.9 Å². The number of allylic oxidation sites excluding steroid dienone is 1. The Bertz CT molecular complexity index is 2100. The first kappa shape index (κ1) is 35.5. The number of amides is 1. The topological polar surface area (TPSA) is 115 Å². The van der Waals surface area contributed by atoms with Crippen LogP contribution < -0.4 is 10.5 Å². The molecule has 0 aliphatic carbocycles. The summed E-state index contributed by atoms with van der Waals surface area (Å²) < 4.78 is 87.0. The van der Waals surface area contributed by atoms with Crippen LogP contribution in [0.5, 0.6) is 5.75 Å². The van der Waals surface area contributed by atoms with E-state index < -0.39 is 62.8 Å². The van der Waals surface area contributed by atoms with Crippen LogP contribution in [0.4, 0.5) is 32.0 Å². The Morgan fingerprint density at radius 2 is 1.88 bits per heavy atom. The Kier molecular flexibility index (Phi) is 9.33. The van der Waals surface area contributed by atoms with E-state index in [4.69, 9.17) is 11.6 Å². The molecule has 0 saturated carbocycles. The quantitative estimate of drug-likeness (QED) is 0.180. The Labute approximate surface area is 281 Å². The van der Waals surface area contributed by atoms with E-state index >= 15 is 4.39 Å². The van der Waals surface area contributed by atoms with E-state index in [1.165, 1.54) is 4.90 Å². The molecule has 9 nitrogen and oxygen atoms in total. The maximum Gasteiger partial charge on any atom is 0.422 e. The Hall–Kier alpha value is -4.84. The smallest absolute Gasteiger partial charge is 0.422 e. The molecule has 0 radical (unpaired) electrons. The number of pyridine rings is 2. The summed E-state index contributed by atoms with van der Waals surface area (Å²) in [6.45, 7) is 11.3. The average Bonchev–Trinajstić information content (AvgIpc) is 3.03. The van der Waals surface area contributed by atoms with Crippen LogP contribution in [0, 0.1) is 34.7 Å². The number of rotatable bonds is 5. The first-order chi connectivity index (χ1) is 23.0.